The molecule has 12 aromatic rings. The summed E-state index contributed by atoms with van der Waals surface area (Å²) in [5.74, 6) is 0. The van der Waals surface area contributed by atoms with Gasteiger partial charge in [-0.2, -0.15) is 0 Å². The fourth-order valence-electron chi connectivity index (χ4n) is 9.64. The zero-order valence-electron chi connectivity index (χ0n) is 31.5. The number of hydrogen-bond acceptors (Lipinski definition) is 2. The number of rotatable bonds is 6. The molecule has 0 N–H and O–H groups in total. The molecule has 8 aromatic carbocycles. The molecule has 0 saturated carbocycles. The fourth-order valence-corrected chi connectivity index (χ4v) is 14.4. The quantitative estimate of drug-likeness (QED) is 0.125. The highest BCUT2D eigenvalue weighted by Crippen LogP contribution is 2.38. The van der Waals surface area contributed by atoms with Gasteiger partial charge >= 0.3 is 0 Å². The van der Waals surface area contributed by atoms with Crippen LogP contribution in [0.2, 0.25) is 0 Å². The van der Waals surface area contributed by atoms with E-state index in [9.17, 15) is 0 Å². The normalized spacial score (nSPS) is 12.1. The molecule has 4 aromatic heterocycles. The van der Waals surface area contributed by atoms with Gasteiger partial charge in [-0.3, -0.25) is 4.57 Å². The molecule has 0 aliphatic carbocycles. The molecule has 0 amide bonds. The minimum absolute atomic E-state index is 0.893. The topological polar surface area (TPSA) is 35.9 Å². The van der Waals surface area contributed by atoms with Crippen LogP contribution in [0.5, 0.6) is 0 Å². The first-order valence-electron chi connectivity index (χ1n) is 19.8. The SMILES string of the molecule is c1ccc([Si](c2ccccc2)(c2ccc(-n3c4ccccc4c4cccnc43)cc2)c2cccc(-n3c4ccccc4c4cc5c(cc43)oc3ccccc35)c2)cc1. The molecule has 0 bridgehead atoms. The van der Waals surface area contributed by atoms with Gasteiger partial charge in [-0.25, -0.2) is 4.98 Å². The van der Waals surface area contributed by atoms with Crippen LogP contribution in [0.1, 0.15) is 0 Å². The van der Waals surface area contributed by atoms with E-state index in [0.29, 0.717) is 0 Å². The summed E-state index contributed by atoms with van der Waals surface area (Å²) >= 11 is 0. The number of aromatic nitrogens is 3. The largest absolute Gasteiger partial charge is 0.456 e. The van der Waals surface area contributed by atoms with Crippen molar-refractivity contribution in [3.8, 4) is 11.4 Å². The van der Waals surface area contributed by atoms with Gasteiger partial charge in [-0.15, -0.1) is 0 Å². The maximum Gasteiger partial charge on any atom is 0.179 e. The Hall–Kier alpha value is -7.47. The lowest BCUT2D eigenvalue weighted by atomic mass is 10.1. The van der Waals surface area contributed by atoms with Gasteiger partial charge in [0, 0.05) is 56.0 Å². The van der Waals surface area contributed by atoms with Crippen molar-refractivity contribution in [2.75, 3.05) is 0 Å². The molecular weight excluding hydrogens is 723 g/mol. The second kappa shape index (κ2) is 12.8. The highest BCUT2D eigenvalue weighted by molar-refractivity contribution is 7.19. The highest BCUT2D eigenvalue weighted by atomic mass is 28.3. The van der Waals surface area contributed by atoms with Crippen molar-refractivity contribution >= 4 is 94.5 Å². The van der Waals surface area contributed by atoms with Crippen molar-refractivity contribution in [1.82, 2.24) is 14.1 Å². The summed E-state index contributed by atoms with van der Waals surface area (Å²) in [5.41, 5.74) is 8.42. The first-order valence-corrected chi connectivity index (χ1v) is 21.8. The van der Waals surface area contributed by atoms with Gasteiger partial charge in [0.1, 0.15) is 16.8 Å². The Morgan fingerprint density at radius 1 is 0.345 bits per heavy atom. The van der Waals surface area contributed by atoms with Crippen LogP contribution in [0.25, 0.3) is 77.1 Å². The molecule has 4 nitrogen and oxygen atoms in total. The van der Waals surface area contributed by atoms with E-state index in [1.54, 1.807) is 0 Å². The van der Waals surface area contributed by atoms with Crippen LogP contribution in [0, 0.1) is 0 Å². The van der Waals surface area contributed by atoms with E-state index in [1.165, 1.54) is 42.4 Å². The third kappa shape index (κ3) is 4.71. The van der Waals surface area contributed by atoms with E-state index >= 15 is 0 Å². The number of benzene rings is 8. The van der Waals surface area contributed by atoms with E-state index in [-0.39, 0.29) is 0 Å². The van der Waals surface area contributed by atoms with E-state index in [1.807, 2.05) is 18.3 Å². The molecule has 0 atom stereocenters. The van der Waals surface area contributed by atoms with Crippen molar-refractivity contribution in [2.45, 2.75) is 0 Å². The monoisotopic (exact) mass is 757 g/mol. The van der Waals surface area contributed by atoms with Crippen LogP contribution in [0.4, 0.5) is 0 Å². The summed E-state index contributed by atoms with van der Waals surface area (Å²) < 4.78 is 11.2. The molecule has 0 unspecified atom stereocenters. The molecule has 0 aliphatic heterocycles. The van der Waals surface area contributed by atoms with Crippen LogP contribution in [0.15, 0.2) is 217 Å². The van der Waals surface area contributed by atoms with Crippen molar-refractivity contribution < 1.29 is 4.42 Å². The number of fused-ring (bicyclic) bond motifs is 9. The van der Waals surface area contributed by atoms with Gasteiger partial charge < -0.3 is 8.98 Å². The third-order valence-electron chi connectivity index (χ3n) is 12.1. The second-order valence-electron chi connectivity index (χ2n) is 15.1. The van der Waals surface area contributed by atoms with Crippen LogP contribution < -0.4 is 20.7 Å². The maximum atomic E-state index is 6.47. The lowest BCUT2D eigenvalue weighted by Gasteiger charge is -2.35. The lowest BCUT2D eigenvalue weighted by molar-refractivity contribution is 0.669. The summed E-state index contributed by atoms with van der Waals surface area (Å²) in [7, 11) is -2.92. The van der Waals surface area contributed by atoms with Crippen LogP contribution >= 0.6 is 0 Å². The average molecular weight is 758 g/mol. The number of furan rings is 1. The molecule has 0 fully saturated rings. The number of pyridine rings is 1. The van der Waals surface area contributed by atoms with Crippen LogP contribution in [-0.4, -0.2) is 22.2 Å². The van der Waals surface area contributed by atoms with E-state index in [4.69, 9.17) is 9.40 Å². The lowest BCUT2D eigenvalue weighted by Crippen LogP contribution is -2.74. The molecule has 0 spiro atoms. The molecule has 12 rings (SSSR count). The maximum absolute atomic E-state index is 6.47. The van der Waals surface area contributed by atoms with Crippen molar-refractivity contribution in [2.24, 2.45) is 0 Å². The van der Waals surface area contributed by atoms with Gasteiger partial charge in [0.2, 0.25) is 0 Å². The van der Waals surface area contributed by atoms with Gasteiger partial charge in [-0.05, 0) is 81.4 Å². The Morgan fingerprint density at radius 2 is 0.931 bits per heavy atom. The number of para-hydroxylation sites is 3. The molecule has 4 heterocycles. The molecular formula is C53H35N3OSi. The minimum Gasteiger partial charge on any atom is -0.456 e. The van der Waals surface area contributed by atoms with Crippen molar-refractivity contribution in [1.29, 1.82) is 0 Å². The molecule has 5 heteroatoms. The smallest absolute Gasteiger partial charge is 0.179 e. The Bertz CT molecular complexity index is 3420. The zero-order chi connectivity index (χ0) is 38.2. The van der Waals surface area contributed by atoms with Crippen LogP contribution in [0.3, 0.4) is 0 Å². The minimum atomic E-state index is -2.92. The van der Waals surface area contributed by atoms with Gasteiger partial charge in [0.15, 0.2) is 8.07 Å². The Morgan fingerprint density at radius 3 is 1.67 bits per heavy atom. The molecule has 0 radical (unpaired) electrons. The van der Waals surface area contributed by atoms with Crippen molar-refractivity contribution in [3.05, 3.63) is 212 Å². The molecule has 0 aliphatic rings. The summed E-state index contributed by atoms with van der Waals surface area (Å²) in [5, 5.41) is 12.4. The highest BCUT2D eigenvalue weighted by Gasteiger charge is 2.41. The van der Waals surface area contributed by atoms with E-state index in [0.717, 1.165) is 55.4 Å². The summed E-state index contributed by atoms with van der Waals surface area (Å²) in [4.78, 5) is 4.88. The molecule has 272 valence electrons. The first-order chi connectivity index (χ1) is 28.8. The first kappa shape index (κ1) is 32.7. The summed E-state index contributed by atoms with van der Waals surface area (Å²) in [6.45, 7) is 0. The molecule has 0 saturated heterocycles. The van der Waals surface area contributed by atoms with Crippen LogP contribution in [-0.2, 0) is 0 Å². The predicted octanol–water partition coefficient (Wildman–Crippen LogP) is 10.6. The average Bonchev–Trinajstić information content (AvgIpc) is 3.94. The summed E-state index contributed by atoms with van der Waals surface area (Å²) in [6, 6.07) is 75.4. The van der Waals surface area contributed by atoms with Gasteiger partial charge in [0.05, 0.1) is 16.6 Å². The van der Waals surface area contributed by atoms with Crippen molar-refractivity contribution in [3.63, 3.8) is 0 Å². The van der Waals surface area contributed by atoms with E-state index in [2.05, 4.69) is 203 Å². The Kier molecular flexibility index (Phi) is 7.21. The number of hydrogen-bond donors (Lipinski definition) is 0. The molecule has 58 heavy (non-hydrogen) atoms. The third-order valence-corrected chi connectivity index (χ3v) is 16.9. The number of nitrogens with zero attached hydrogens (tertiary/aromatic N) is 3. The van der Waals surface area contributed by atoms with E-state index < -0.39 is 8.07 Å². The Labute approximate surface area is 335 Å². The zero-order valence-corrected chi connectivity index (χ0v) is 32.5. The van der Waals surface area contributed by atoms with Gasteiger partial charge in [-0.1, -0.05) is 140 Å². The summed E-state index contributed by atoms with van der Waals surface area (Å²) in [6.07, 6.45) is 1.89. The fraction of sp³-hybridized carbons (Fsp3) is 0. The Balaban J connectivity index is 1.11. The standard InChI is InChI=1S/C53H35N3OSi/c1-3-16-38(17-4-1)58(39-18-5-2-6-19-39,40-30-28-36(29-31-40)56-49-26-11-7-21-42(49)45-24-14-32-54-53(45)56)41-20-13-15-37(33-41)55-48-25-10-8-22-43(48)46-34-47-44-23-9-12-27-51(44)57-52(47)35-50(46)55/h1-35H. The van der Waals surface area contributed by atoms with Gasteiger partial charge in [0.25, 0.3) is 0 Å². The predicted molar refractivity (Wildman–Crippen MR) is 244 cm³/mol. The second-order valence-corrected chi connectivity index (χ2v) is 18.9.